The van der Waals surface area contributed by atoms with Crippen LogP contribution in [-0.4, -0.2) is 21.9 Å². The van der Waals surface area contributed by atoms with Gasteiger partial charge in [-0.3, -0.25) is 9.59 Å². The third kappa shape index (κ3) is 2.84. The van der Waals surface area contributed by atoms with Crippen LogP contribution in [0.15, 0.2) is 45.9 Å². The molecule has 1 aliphatic rings. The number of furan rings is 1. The minimum absolute atomic E-state index is 0.0257. The smallest absolute Gasteiger partial charge is 0.255 e. The van der Waals surface area contributed by atoms with Crippen molar-refractivity contribution >= 4 is 5.91 Å². The van der Waals surface area contributed by atoms with E-state index in [-0.39, 0.29) is 17.5 Å². The fourth-order valence-electron chi connectivity index (χ4n) is 3.01. The predicted molar refractivity (Wildman–Crippen MR) is 82.6 cm³/mol. The first-order valence-electron chi connectivity index (χ1n) is 7.68. The average Bonchev–Trinajstić information content (AvgIpc) is 2.94. The lowest BCUT2D eigenvalue weighted by Gasteiger charge is -2.28. The summed E-state index contributed by atoms with van der Waals surface area (Å²) in [6.45, 7) is 0.715. The zero-order valence-corrected chi connectivity index (χ0v) is 12.7. The Hall–Kier alpha value is -2.30. The van der Waals surface area contributed by atoms with Gasteiger partial charge in [0.15, 0.2) is 0 Å². The van der Waals surface area contributed by atoms with Gasteiger partial charge in [0.1, 0.15) is 5.76 Å². The van der Waals surface area contributed by atoms with E-state index < -0.39 is 0 Å². The largest absolute Gasteiger partial charge is 0.467 e. The van der Waals surface area contributed by atoms with Crippen LogP contribution >= 0.6 is 0 Å². The van der Waals surface area contributed by atoms with Crippen molar-refractivity contribution in [2.24, 2.45) is 7.05 Å². The van der Waals surface area contributed by atoms with Crippen LogP contribution in [0.2, 0.25) is 0 Å². The molecular formula is C17H20N2O3. The molecule has 2 aromatic rings. The summed E-state index contributed by atoms with van der Waals surface area (Å²) < 4.78 is 6.98. The summed E-state index contributed by atoms with van der Waals surface area (Å²) in [4.78, 5) is 26.3. The van der Waals surface area contributed by atoms with Gasteiger partial charge < -0.3 is 13.9 Å². The molecular weight excluding hydrogens is 280 g/mol. The van der Waals surface area contributed by atoms with Gasteiger partial charge in [-0.1, -0.05) is 12.8 Å². The molecule has 22 heavy (non-hydrogen) atoms. The molecule has 116 valence electrons. The average molecular weight is 300 g/mol. The number of aryl methyl sites for hydroxylation is 1. The fourth-order valence-corrected chi connectivity index (χ4v) is 3.01. The van der Waals surface area contributed by atoms with Gasteiger partial charge in [-0.2, -0.15) is 0 Å². The number of hydrogen-bond donors (Lipinski definition) is 0. The number of aromatic nitrogens is 1. The maximum Gasteiger partial charge on any atom is 0.255 e. The number of hydrogen-bond acceptors (Lipinski definition) is 3. The lowest BCUT2D eigenvalue weighted by Crippen LogP contribution is -2.35. The quantitative estimate of drug-likeness (QED) is 0.857. The van der Waals surface area contributed by atoms with E-state index >= 15 is 0 Å². The Kier molecular flexibility index (Phi) is 4.13. The number of amides is 1. The van der Waals surface area contributed by atoms with E-state index in [0.29, 0.717) is 12.1 Å². The van der Waals surface area contributed by atoms with Gasteiger partial charge in [-0.15, -0.1) is 0 Å². The van der Waals surface area contributed by atoms with Crippen LogP contribution in [0.5, 0.6) is 0 Å². The lowest BCUT2D eigenvalue weighted by atomic mass is 10.1. The van der Waals surface area contributed by atoms with Gasteiger partial charge in [-0.05, 0) is 31.0 Å². The fraction of sp³-hybridized carbons (Fsp3) is 0.412. The number of carbonyl (C=O) groups is 1. The van der Waals surface area contributed by atoms with Crippen molar-refractivity contribution in [2.45, 2.75) is 31.7 Å². The van der Waals surface area contributed by atoms with Gasteiger partial charge in [-0.25, -0.2) is 0 Å². The minimum Gasteiger partial charge on any atom is -0.467 e. The van der Waals surface area contributed by atoms with E-state index in [4.69, 9.17) is 4.42 Å². The summed E-state index contributed by atoms with van der Waals surface area (Å²) in [5, 5.41) is 0. The Labute approximate surface area is 129 Å². The normalized spacial score (nSPS) is 19.0. The Balaban J connectivity index is 1.93. The topological polar surface area (TPSA) is 55.5 Å². The van der Waals surface area contributed by atoms with Crippen molar-refractivity contribution in [3.8, 4) is 0 Å². The number of rotatable bonds is 2. The van der Waals surface area contributed by atoms with Crippen LogP contribution in [0.1, 0.15) is 47.8 Å². The molecule has 5 heteroatoms. The molecule has 0 saturated carbocycles. The maximum absolute atomic E-state index is 12.9. The van der Waals surface area contributed by atoms with E-state index in [1.165, 1.54) is 10.6 Å². The standard InChI is InChI=1S/C17H20N2O3/c1-18-12-13(8-9-16(18)20)17(21)19-10-4-2-3-6-14(19)15-7-5-11-22-15/h5,7-9,11-12,14H,2-4,6,10H2,1H3. The molecule has 2 aromatic heterocycles. The molecule has 0 aromatic carbocycles. The van der Waals surface area contributed by atoms with Crippen LogP contribution in [-0.2, 0) is 7.05 Å². The monoisotopic (exact) mass is 300 g/mol. The number of carbonyl (C=O) groups excluding carboxylic acids is 1. The summed E-state index contributed by atoms with van der Waals surface area (Å²) in [6, 6.07) is 6.80. The summed E-state index contributed by atoms with van der Waals surface area (Å²) in [6.07, 6.45) is 7.36. The van der Waals surface area contributed by atoms with Crippen LogP contribution < -0.4 is 5.56 Å². The highest BCUT2D eigenvalue weighted by atomic mass is 16.3. The van der Waals surface area contributed by atoms with Gasteiger partial charge in [0, 0.05) is 25.9 Å². The number of nitrogens with zero attached hydrogens (tertiary/aromatic N) is 2. The highest BCUT2D eigenvalue weighted by molar-refractivity contribution is 5.94. The van der Waals surface area contributed by atoms with E-state index in [2.05, 4.69) is 0 Å². The molecule has 1 fully saturated rings. The number of pyridine rings is 1. The van der Waals surface area contributed by atoms with Crippen LogP contribution in [0, 0.1) is 0 Å². The summed E-state index contributed by atoms with van der Waals surface area (Å²) >= 11 is 0. The second-order valence-corrected chi connectivity index (χ2v) is 5.75. The van der Waals surface area contributed by atoms with Crippen molar-refractivity contribution in [2.75, 3.05) is 6.54 Å². The SMILES string of the molecule is Cn1cc(C(=O)N2CCCCCC2c2ccco2)ccc1=O. The second kappa shape index (κ2) is 6.22. The third-order valence-corrected chi connectivity index (χ3v) is 4.22. The molecule has 0 N–H and O–H groups in total. The van der Waals surface area contributed by atoms with Gasteiger partial charge in [0.05, 0.1) is 17.9 Å². The molecule has 3 heterocycles. The van der Waals surface area contributed by atoms with Crippen LogP contribution in [0.25, 0.3) is 0 Å². The maximum atomic E-state index is 12.9. The molecule has 0 bridgehead atoms. The first kappa shape index (κ1) is 14.6. The summed E-state index contributed by atoms with van der Waals surface area (Å²) in [5.74, 6) is 0.791. The molecule has 0 aliphatic carbocycles. The van der Waals surface area contributed by atoms with E-state index in [0.717, 1.165) is 31.4 Å². The molecule has 0 radical (unpaired) electrons. The molecule has 1 atom stereocenters. The minimum atomic E-state index is -0.116. The zero-order chi connectivity index (χ0) is 15.5. The third-order valence-electron chi connectivity index (χ3n) is 4.22. The zero-order valence-electron chi connectivity index (χ0n) is 12.7. The van der Waals surface area contributed by atoms with Crippen molar-refractivity contribution in [3.05, 3.63) is 58.4 Å². The summed E-state index contributed by atoms with van der Waals surface area (Å²) in [7, 11) is 1.66. The molecule has 5 nitrogen and oxygen atoms in total. The van der Waals surface area contributed by atoms with Gasteiger partial charge in [0.2, 0.25) is 5.56 Å². The second-order valence-electron chi connectivity index (χ2n) is 5.75. The van der Waals surface area contributed by atoms with Crippen LogP contribution in [0.3, 0.4) is 0 Å². The first-order valence-corrected chi connectivity index (χ1v) is 7.68. The van der Waals surface area contributed by atoms with Gasteiger partial charge in [0.25, 0.3) is 5.91 Å². The predicted octanol–water partition coefficient (Wildman–Crippen LogP) is 2.74. The molecule has 0 spiro atoms. The molecule has 1 unspecified atom stereocenters. The van der Waals surface area contributed by atoms with E-state index in [9.17, 15) is 9.59 Å². The highest BCUT2D eigenvalue weighted by Gasteiger charge is 2.29. The Morgan fingerprint density at radius 2 is 2.09 bits per heavy atom. The van der Waals surface area contributed by atoms with Crippen molar-refractivity contribution in [3.63, 3.8) is 0 Å². The van der Waals surface area contributed by atoms with Crippen molar-refractivity contribution in [1.29, 1.82) is 0 Å². The molecule has 1 amide bonds. The van der Waals surface area contributed by atoms with E-state index in [1.807, 2.05) is 17.0 Å². The lowest BCUT2D eigenvalue weighted by molar-refractivity contribution is 0.0657. The number of likely N-dealkylation sites (tertiary alicyclic amines) is 1. The summed E-state index contributed by atoms with van der Waals surface area (Å²) in [5.41, 5.74) is 0.426. The van der Waals surface area contributed by atoms with Crippen molar-refractivity contribution < 1.29 is 9.21 Å². The Morgan fingerprint density at radius 1 is 1.23 bits per heavy atom. The molecule has 3 rings (SSSR count). The van der Waals surface area contributed by atoms with Gasteiger partial charge >= 0.3 is 0 Å². The Bertz CT molecular complexity index is 703. The van der Waals surface area contributed by atoms with Crippen molar-refractivity contribution in [1.82, 2.24) is 9.47 Å². The molecule has 1 aliphatic heterocycles. The first-order chi connectivity index (χ1) is 10.7. The molecule has 1 saturated heterocycles. The Morgan fingerprint density at radius 3 is 2.82 bits per heavy atom. The van der Waals surface area contributed by atoms with Crippen LogP contribution in [0.4, 0.5) is 0 Å². The highest BCUT2D eigenvalue weighted by Crippen LogP contribution is 2.31. The van der Waals surface area contributed by atoms with E-state index in [1.54, 1.807) is 25.6 Å².